The minimum atomic E-state index is 0. The van der Waals surface area contributed by atoms with Gasteiger partial charge in [-0.05, 0) is 56.2 Å². The van der Waals surface area contributed by atoms with Crippen LogP contribution in [-0.4, -0.2) is 61.0 Å². The van der Waals surface area contributed by atoms with Crippen LogP contribution in [0.3, 0.4) is 0 Å². The lowest BCUT2D eigenvalue weighted by molar-refractivity contribution is -0.136. The summed E-state index contributed by atoms with van der Waals surface area (Å²) in [7, 11) is 1.82. The predicted octanol–water partition coefficient (Wildman–Crippen LogP) is 4.17. The fourth-order valence-corrected chi connectivity index (χ4v) is 4.76. The van der Waals surface area contributed by atoms with Gasteiger partial charge in [-0.1, -0.05) is 26.7 Å². The number of anilines is 1. The summed E-state index contributed by atoms with van der Waals surface area (Å²) in [5.74, 6) is 2.41. The second-order valence-corrected chi connectivity index (χ2v) is 9.11. The number of halogens is 1. The summed E-state index contributed by atoms with van der Waals surface area (Å²) in [5.41, 5.74) is 1.22. The zero-order chi connectivity index (χ0) is 22.8. The van der Waals surface area contributed by atoms with Gasteiger partial charge in [0.05, 0.1) is 0 Å². The molecule has 1 amide bonds. The van der Waals surface area contributed by atoms with Crippen molar-refractivity contribution < 1.29 is 4.79 Å². The number of rotatable bonds is 7. The number of nitrogens with zero attached hydrogens (tertiary/aromatic N) is 4. The highest BCUT2D eigenvalue weighted by molar-refractivity contribution is 14.0. The number of nitrogens with one attached hydrogen (secondary N) is 2. The Balaban J connectivity index is 0.00000385. The molecule has 2 fully saturated rings. The van der Waals surface area contributed by atoms with E-state index in [1.807, 2.05) is 18.1 Å². The molecular weight excluding hydrogens is 527 g/mol. The van der Waals surface area contributed by atoms with E-state index in [-0.39, 0.29) is 29.9 Å². The number of hydrogen-bond acceptors (Lipinski definition) is 4. The lowest BCUT2D eigenvalue weighted by Gasteiger charge is -2.34. The monoisotopic (exact) mass is 570 g/mol. The number of pyridine rings is 1. The second kappa shape index (κ2) is 14.6. The molecule has 0 spiro atoms. The Bertz CT molecular complexity index is 738. The van der Waals surface area contributed by atoms with E-state index in [1.165, 1.54) is 31.2 Å². The molecule has 0 aliphatic carbocycles. The largest absolute Gasteiger partial charge is 0.357 e. The van der Waals surface area contributed by atoms with Crippen LogP contribution in [0.1, 0.15) is 70.8 Å². The van der Waals surface area contributed by atoms with Crippen LogP contribution in [0, 0.1) is 5.92 Å². The van der Waals surface area contributed by atoms with Gasteiger partial charge < -0.3 is 20.4 Å². The van der Waals surface area contributed by atoms with Crippen LogP contribution in [0.4, 0.5) is 5.82 Å². The molecule has 7 nitrogen and oxygen atoms in total. The van der Waals surface area contributed by atoms with Crippen molar-refractivity contribution in [3.05, 3.63) is 23.9 Å². The van der Waals surface area contributed by atoms with Crippen molar-refractivity contribution in [2.45, 2.75) is 77.8 Å². The molecule has 8 heteroatoms. The number of likely N-dealkylation sites (tertiary alicyclic amines) is 1. The van der Waals surface area contributed by atoms with Crippen LogP contribution < -0.4 is 15.5 Å². The smallest absolute Gasteiger partial charge is 0.225 e. The van der Waals surface area contributed by atoms with Gasteiger partial charge in [-0.25, -0.2) is 4.98 Å². The van der Waals surface area contributed by atoms with Gasteiger partial charge in [0, 0.05) is 57.9 Å². The fourth-order valence-electron chi connectivity index (χ4n) is 4.76. The Hall–Kier alpha value is -1.58. The van der Waals surface area contributed by atoms with E-state index in [9.17, 15) is 4.79 Å². The molecule has 0 radical (unpaired) electrons. The number of amides is 1. The van der Waals surface area contributed by atoms with Crippen molar-refractivity contribution >= 4 is 41.7 Å². The molecule has 2 N–H and O–H groups in total. The van der Waals surface area contributed by atoms with Gasteiger partial charge in [0.25, 0.3) is 0 Å². The van der Waals surface area contributed by atoms with Crippen LogP contribution in [0.2, 0.25) is 0 Å². The Labute approximate surface area is 217 Å². The standard InChI is InChI=1S/C25H42N6O.HI/c1-4-21(5-2)24(32)31-16-11-22(12-17-31)29-25(26-3)28-19-20-10-13-27-23(18-20)30-14-8-6-7-9-15-30;/h10,13,18,21-22H,4-9,11-12,14-17,19H2,1-3H3,(H2,26,28,29);1H. The van der Waals surface area contributed by atoms with E-state index < -0.39 is 0 Å². The highest BCUT2D eigenvalue weighted by atomic mass is 127. The predicted molar refractivity (Wildman–Crippen MR) is 147 cm³/mol. The quantitative estimate of drug-likeness (QED) is 0.293. The minimum Gasteiger partial charge on any atom is -0.357 e. The van der Waals surface area contributed by atoms with Crippen LogP contribution in [0.15, 0.2) is 23.3 Å². The Morgan fingerprint density at radius 2 is 1.79 bits per heavy atom. The highest BCUT2D eigenvalue weighted by Gasteiger charge is 2.26. The average molecular weight is 571 g/mol. The van der Waals surface area contributed by atoms with Gasteiger partial charge in [-0.3, -0.25) is 9.79 Å². The molecule has 1 aromatic heterocycles. The molecule has 3 heterocycles. The molecule has 2 aliphatic heterocycles. The van der Waals surface area contributed by atoms with E-state index >= 15 is 0 Å². The zero-order valence-corrected chi connectivity index (χ0v) is 23.0. The lowest BCUT2D eigenvalue weighted by atomic mass is 9.98. The minimum absolute atomic E-state index is 0. The molecule has 2 aliphatic rings. The van der Waals surface area contributed by atoms with E-state index in [2.05, 4.69) is 51.5 Å². The molecule has 0 saturated carbocycles. The number of aliphatic imine (C=N–C) groups is 1. The number of aromatic nitrogens is 1. The first kappa shape index (κ1) is 27.7. The maximum atomic E-state index is 12.6. The van der Waals surface area contributed by atoms with Gasteiger partial charge in [-0.15, -0.1) is 24.0 Å². The summed E-state index contributed by atoms with van der Waals surface area (Å²) >= 11 is 0. The summed E-state index contributed by atoms with van der Waals surface area (Å²) in [5, 5.41) is 7.01. The number of carbonyl (C=O) groups is 1. The highest BCUT2D eigenvalue weighted by Crippen LogP contribution is 2.19. The van der Waals surface area contributed by atoms with Crippen LogP contribution >= 0.6 is 24.0 Å². The maximum Gasteiger partial charge on any atom is 0.225 e. The zero-order valence-electron chi connectivity index (χ0n) is 20.7. The summed E-state index contributed by atoms with van der Waals surface area (Å²) in [4.78, 5) is 26.1. The van der Waals surface area contributed by atoms with Crippen molar-refractivity contribution in [2.75, 3.05) is 38.1 Å². The molecular formula is C25H43IN6O. The van der Waals surface area contributed by atoms with Gasteiger partial charge >= 0.3 is 0 Å². The van der Waals surface area contributed by atoms with Gasteiger partial charge in [0.1, 0.15) is 5.82 Å². The molecule has 0 unspecified atom stereocenters. The molecule has 0 atom stereocenters. The summed E-state index contributed by atoms with van der Waals surface area (Å²) in [6.07, 6.45) is 10.8. The Kier molecular flexibility index (Phi) is 12.3. The van der Waals surface area contributed by atoms with Crippen LogP contribution in [0.25, 0.3) is 0 Å². The maximum absolute atomic E-state index is 12.6. The summed E-state index contributed by atoms with van der Waals surface area (Å²) in [6, 6.07) is 4.62. The van der Waals surface area contributed by atoms with Crippen LogP contribution in [0.5, 0.6) is 0 Å². The molecule has 2 saturated heterocycles. The number of carbonyl (C=O) groups excluding carboxylic acids is 1. The molecule has 1 aromatic rings. The fraction of sp³-hybridized carbons (Fsp3) is 0.720. The Morgan fingerprint density at radius 1 is 1.12 bits per heavy atom. The molecule has 3 rings (SSSR count). The van der Waals surface area contributed by atoms with Gasteiger partial charge in [0.15, 0.2) is 5.96 Å². The van der Waals surface area contributed by atoms with Crippen molar-refractivity contribution in [3.8, 4) is 0 Å². The normalized spacial score (nSPS) is 18.0. The van der Waals surface area contributed by atoms with E-state index in [4.69, 9.17) is 0 Å². The third kappa shape index (κ3) is 8.30. The second-order valence-electron chi connectivity index (χ2n) is 9.11. The first-order valence-electron chi connectivity index (χ1n) is 12.6. The van der Waals surface area contributed by atoms with E-state index in [0.29, 0.717) is 11.9 Å². The number of guanidine groups is 1. The van der Waals surface area contributed by atoms with E-state index in [1.54, 1.807) is 0 Å². The third-order valence-electron chi connectivity index (χ3n) is 6.91. The van der Waals surface area contributed by atoms with Crippen molar-refractivity contribution in [3.63, 3.8) is 0 Å². The molecule has 0 bridgehead atoms. The third-order valence-corrected chi connectivity index (χ3v) is 6.91. The topological polar surface area (TPSA) is 72.9 Å². The van der Waals surface area contributed by atoms with Crippen LogP contribution in [-0.2, 0) is 11.3 Å². The molecule has 33 heavy (non-hydrogen) atoms. The average Bonchev–Trinajstić information content (AvgIpc) is 3.13. The number of hydrogen-bond donors (Lipinski definition) is 2. The van der Waals surface area contributed by atoms with Gasteiger partial charge in [0.2, 0.25) is 5.91 Å². The van der Waals surface area contributed by atoms with E-state index in [0.717, 1.165) is 70.2 Å². The van der Waals surface area contributed by atoms with Crippen molar-refractivity contribution in [1.82, 2.24) is 20.5 Å². The first-order valence-corrected chi connectivity index (χ1v) is 12.6. The van der Waals surface area contributed by atoms with Gasteiger partial charge in [-0.2, -0.15) is 0 Å². The summed E-state index contributed by atoms with van der Waals surface area (Å²) in [6.45, 7) is 8.79. The lowest BCUT2D eigenvalue weighted by Crippen LogP contribution is -2.50. The number of piperidine rings is 1. The molecule has 0 aromatic carbocycles. The molecule has 186 valence electrons. The summed E-state index contributed by atoms with van der Waals surface area (Å²) < 4.78 is 0. The SMILES string of the molecule is CCC(CC)C(=O)N1CCC(NC(=NC)NCc2ccnc(N3CCCCCC3)c2)CC1.I. The van der Waals surface area contributed by atoms with Crippen molar-refractivity contribution in [1.29, 1.82) is 0 Å². The Morgan fingerprint density at radius 3 is 2.39 bits per heavy atom. The first-order chi connectivity index (χ1) is 15.6. The van der Waals surface area contributed by atoms with Crippen molar-refractivity contribution in [2.24, 2.45) is 10.9 Å².